The molecule has 1 N–H and O–H groups in total. The Morgan fingerprint density at radius 2 is 1.85 bits per heavy atom. The summed E-state index contributed by atoms with van der Waals surface area (Å²) in [5, 5.41) is 7.09. The zero-order valence-electron chi connectivity index (χ0n) is 15.3. The molecule has 0 aliphatic carbocycles. The third kappa shape index (κ3) is 4.65. The molecule has 0 bridgehead atoms. The van der Waals surface area contributed by atoms with Gasteiger partial charge in [0.1, 0.15) is 5.76 Å². The number of furan rings is 1. The molecule has 27 heavy (non-hydrogen) atoms. The predicted octanol–water partition coefficient (Wildman–Crippen LogP) is 3.76. The van der Waals surface area contributed by atoms with Gasteiger partial charge in [0, 0.05) is 18.1 Å². The highest BCUT2D eigenvalue weighted by atomic mass is 16.4. The van der Waals surface area contributed by atoms with E-state index in [9.17, 15) is 4.79 Å². The average Bonchev–Trinajstić information content (AvgIpc) is 3.36. The number of piperidine rings is 1. The molecule has 140 valence electrons. The summed E-state index contributed by atoms with van der Waals surface area (Å²) in [7, 11) is 0. The second-order valence-corrected chi connectivity index (χ2v) is 6.96. The number of hydrogen-bond acceptors (Lipinski definition) is 4. The van der Waals surface area contributed by atoms with Gasteiger partial charge in [0.15, 0.2) is 5.76 Å². The standard InChI is InChI=1S/C21H24N4O2/c26-21(20-10-9-19(27-20)16-24-12-2-1-3-13-24)23-18-7-5-17(6-8-18)15-25-14-4-11-22-25/h4-11,14H,1-3,12-13,15-16H2,(H,23,26). The van der Waals surface area contributed by atoms with Crippen molar-refractivity contribution in [1.29, 1.82) is 0 Å². The minimum absolute atomic E-state index is 0.222. The van der Waals surface area contributed by atoms with E-state index in [2.05, 4.69) is 15.3 Å². The third-order valence-corrected chi connectivity index (χ3v) is 4.83. The topological polar surface area (TPSA) is 63.3 Å². The van der Waals surface area contributed by atoms with E-state index in [1.54, 1.807) is 12.3 Å². The molecular formula is C21H24N4O2. The van der Waals surface area contributed by atoms with E-state index >= 15 is 0 Å². The van der Waals surface area contributed by atoms with E-state index in [0.29, 0.717) is 12.3 Å². The van der Waals surface area contributed by atoms with Crippen LogP contribution in [-0.4, -0.2) is 33.7 Å². The van der Waals surface area contributed by atoms with Crippen LogP contribution >= 0.6 is 0 Å². The van der Waals surface area contributed by atoms with Crippen LogP contribution in [0.3, 0.4) is 0 Å². The highest BCUT2D eigenvalue weighted by Crippen LogP contribution is 2.17. The van der Waals surface area contributed by atoms with Crippen LogP contribution in [0.4, 0.5) is 5.69 Å². The number of carbonyl (C=O) groups excluding carboxylic acids is 1. The first-order valence-corrected chi connectivity index (χ1v) is 9.45. The first-order chi connectivity index (χ1) is 13.3. The van der Waals surface area contributed by atoms with Gasteiger partial charge in [-0.1, -0.05) is 18.6 Å². The summed E-state index contributed by atoms with van der Waals surface area (Å²) >= 11 is 0. The zero-order chi connectivity index (χ0) is 18.5. The maximum absolute atomic E-state index is 12.4. The second kappa shape index (κ2) is 8.22. The van der Waals surface area contributed by atoms with E-state index in [4.69, 9.17) is 4.42 Å². The predicted molar refractivity (Wildman–Crippen MR) is 104 cm³/mol. The molecule has 3 heterocycles. The van der Waals surface area contributed by atoms with Gasteiger partial charge in [-0.05, 0) is 61.8 Å². The minimum atomic E-state index is -0.222. The molecule has 1 amide bonds. The van der Waals surface area contributed by atoms with Gasteiger partial charge < -0.3 is 9.73 Å². The van der Waals surface area contributed by atoms with Gasteiger partial charge in [-0.3, -0.25) is 14.4 Å². The molecule has 2 aromatic heterocycles. The number of nitrogens with one attached hydrogen (secondary N) is 1. The minimum Gasteiger partial charge on any atom is -0.455 e. The molecule has 4 rings (SSSR count). The average molecular weight is 364 g/mol. The number of aromatic nitrogens is 2. The molecule has 0 atom stereocenters. The maximum atomic E-state index is 12.4. The van der Waals surface area contributed by atoms with Crippen molar-refractivity contribution in [3.63, 3.8) is 0 Å². The number of hydrogen-bond donors (Lipinski definition) is 1. The van der Waals surface area contributed by atoms with Crippen molar-refractivity contribution in [2.75, 3.05) is 18.4 Å². The fraction of sp³-hybridized carbons (Fsp3) is 0.333. The number of amides is 1. The molecule has 0 saturated carbocycles. The van der Waals surface area contributed by atoms with E-state index in [0.717, 1.165) is 36.6 Å². The molecule has 0 radical (unpaired) electrons. The number of carbonyl (C=O) groups is 1. The van der Waals surface area contributed by atoms with Crippen molar-refractivity contribution < 1.29 is 9.21 Å². The van der Waals surface area contributed by atoms with Crippen molar-refractivity contribution in [3.8, 4) is 0 Å². The summed E-state index contributed by atoms with van der Waals surface area (Å²) in [5.41, 5.74) is 1.87. The molecule has 1 aliphatic rings. The number of benzene rings is 1. The molecule has 1 aromatic carbocycles. The lowest BCUT2D eigenvalue weighted by Gasteiger charge is -2.25. The quantitative estimate of drug-likeness (QED) is 0.723. The van der Waals surface area contributed by atoms with Crippen molar-refractivity contribution >= 4 is 11.6 Å². The van der Waals surface area contributed by atoms with E-state index in [1.165, 1.54) is 19.3 Å². The molecular weight excluding hydrogens is 340 g/mol. The fourth-order valence-corrected chi connectivity index (χ4v) is 3.39. The summed E-state index contributed by atoms with van der Waals surface area (Å²) in [4.78, 5) is 14.8. The molecule has 1 fully saturated rings. The van der Waals surface area contributed by atoms with Crippen LogP contribution in [0.1, 0.15) is 41.1 Å². The monoisotopic (exact) mass is 364 g/mol. The number of rotatable bonds is 6. The van der Waals surface area contributed by atoms with E-state index < -0.39 is 0 Å². The maximum Gasteiger partial charge on any atom is 0.291 e. The van der Waals surface area contributed by atoms with Gasteiger partial charge in [-0.15, -0.1) is 0 Å². The Bertz CT molecular complexity index is 862. The van der Waals surface area contributed by atoms with Crippen LogP contribution in [0, 0.1) is 0 Å². The summed E-state index contributed by atoms with van der Waals surface area (Å²) in [6, 6.07) is 13.3. The van der Waals surface area contributed by atoms with Gasteiger partial charge >= 0.3 is 0 Å². The number of anilines is 1. The largest absolute Gasteiger partial charge is 0.455 e. The molecule has 6 heteroatoms. The Labute approximate surface area is 158 Å². The van der Waals surface area contributed by atoms with Gasteiger partial charge in [0.05, 0.1) is 13.1 Å². The normalized spacial score (nSPS) is 15.0. The molecule has 6 nitrogen and oxygen atoms in total. The van der Waals surface area contributed by atoms with Crippen molar-refractivity contribution in [2.24, 2.45) is 0 Å². The van der Waals surface area contributed by atoms with Crippen LogP contribution in [-0.2, 0) is 13.1 Å². The van der Waals surface area contributed by atoms with E-state index in [-0.39, 0.29) is 5.91 Å². The van der Waals surface area contributed by atoms with E-state index in [1.807, 2.05) is 47.3 Å². The van der Waals surface area contributed by atoms with Gasteiger partial charge in [0.2, 0.25) is 0 Å². The van der Waals surface area contributed by atoms with Gasteiger partial charge in [0.25, 0.3) is 5.91 Å². The third-order valence-electron chi connectivity index (χ3n) is 4.83. The Kier molecular flexibility index (Phi) is 5.34. The van der Waals surface area contributed by atoms with Crippen LogP contribution < -0.4 is 5.32 Å². The first-order valence-electron chi connectivity index (χ1n) is 9.45. The lowest BCUT2D eigenvalue weighted by atomic mass is 10.1. The number of likely N-dealkylation sites (tertiary alicyclic amines) is 1. The highest BCUT2D eigenvalue weighted by Gasteiger charge is 2.15. The Morgan fingerprint density at radius 1 is 1.04 bits per heavy atom. The Hall–Kier alpha value is -2.86. The van der Waals surface area contributed by atoms with Crippen molar-refractivity contribution in [3.05, 3.63) is 71.9 Å². The molecule has 3 aromatic rings. The lowest BCUT2D eigenvalue weighted by Crippen LogP contribution is -2.28. The van der Waals surface area contributed by atoms with Crippen LogP contribution in [0.2, 0.25) is 0 Å². The zero-order valence-corrected chi connectivity index (χ0v) is 15.3. The summed E-state index contributed by atoms with van der Waals surface area (Å²) in [5.74, 6) is 0.971. The first kappa shape index (κ1) is 17.5. The second-order valence-electron chi connectivity index (χ2n) is 6.96. The SMILES string of the molecule is O=C(Nc1ccc(Cn2cccn2)cc1)c1ccc(CN2CCCCC2)o1. The van der Waals surface area contributed by atoms with Crippen LogP contribution in [0.25, 0.3) is 0 Å². The molecule has 1 aliphatic heterocycles. The fourth-order valence-electron chi connectivity index (χ4n) is 3.39. The smallest absolute Gasteiger partial charge is 0.291 e. The Balaban J connectivity index is 1.33. The summed E-state index contributed by atoms with van der Waals surface area (Å²) in [6.45, 7) is 3.69. The van der Waals surface area contributed by atoms with Gasteiger partial charge in [-0.2, -0.15) is 5.10 Å². The molecule has 0 spiro atoms. The van der Waals surface area contributed by atoms with Crippen LogP contribution in [0.15, 0.2) is 59.3 Å². The summed E-state index contributed by atoms with van der Waals surface area (Å²) in [6.07, 6.45) is 7.48. The summed E-state index contributed by atoms with van der Waals surface area (Å²) < 4.78 is 7.61. The van der Waals surface area contributed by atoms with Crippen molar-refractivity contribution in [1.82, 2.24) is 14.7 Å². The van der Waals surface area contributed by atoms with Crippen molar-refractivity contribution in [2.45, 2.75) is 32.4 Å². The molecule has 1 saturated heterocycles. The molecule has 0 unspecified atom stereocenters. The van der Waals surface area contributed by atoms with Gasteiger partial charge in [-0.25, -0.2) is 0 Å². The number of nitrogens with zero attached hydrogens (tertiary/aromatic N) is 3. The Morgan fingerprint density at radius 3 is 2.59 bits per heavy atom. The van der Waals surface area contributed by atoms with Crippen LogP contribution in [0.5, 0.6) is 0 Å². The highest BCUT2D eigenvalue weighted by molar-refractivity contribution is 6.02. The lowest BCUT2D eigenvalue weighted by molar-refractivity contribution is 0.0992.